The minimum absolute atomic E-state index is 0.0353. The first-order valence-electron chi connectivity index (χ1n) is 16.0. The number of hydrogen-bond donors (Lipinski definition) is 0. The van der Waals surface area contributed by atoms with Crippen molar-refractivity contribution < 1.29 is 0 Å². The molecule has 0 fully saturated rings. The maximum absolute atomic E-state index is 2.45. The highest BCUT2D eigenvalue weighted by atomic mass is 14.3. The first-order valence-corrected chi connectivity index (χ1v) is 16.0. The van der Waals surface area contributed by atoms with Crippen LogP contribution in [0, 0.1) is 27.7 Å². The molecule has 0 amide bonds. The Morgan fingerprint density at radius 3 is 1.05 bits per heavy atom. The molecule has 0 unspecified atom stereocenters. The lowest BCUT2D eigenvalue weighted by molar-refractivity contribution is 0.591. The summed E-state index contributed by atoms with van der Waals surface area (Å²) in [5.41, 5.74) is 13.0. The van der Waals surface area contributed by atoms with Crippen LogP contribution in [-0.2, 0) is 10.8 Å². The largest absolute Gasteiger partial charge is 0.0563 e. The van der Waals surface area contributed by atoms with E-state index < -0.39 is 0 Å². The summed E-state index contributed by atoms with van der Waals surface area (Å²) in [6, 6.07) is 28.2. The molecule has 0 N–H and O–H groups in total. The summed E-state index contributed by atoms with van der Waals surface area (Å²) in [6.07, 6.45) is 9.25. The van der Waals surface area contributed by atoms with Gasteiger partial charge in [-0.2, -0.15) is 0 Å². The van der Waals surface area contributed by atoms with Crippen molar-refractivity contribution in [2.24, 2.45) is 0 Å². The molecule has 0 aromatic heterocycles. The van der Waals surface area contributed by atoms with E-state index in [1.807, 2.05) is 0 Å². The van der Waals surface area contributed by atoms with Crippen molar-refractivity contribution in [3.63, 3.8) is 0 Å². The molecule has 0 spiro atoms. The van der Waals surface area contributed by atoms with Crippen LogP contribution >= 0.6 is 0 Å². The number of benzene rings is 6. The maximum Gasteiger partial charge on any atom is -0.00201 e. The predicted molar refractivity (Wildman–Crippen MR) is 197 cm³/mol. The third-order valence-corrected chi connectivity index (χ3v) is 8.96. The number of rotatable bonds is 4. The standard InChI is InChI=1S/C44H46/c1-27-15-28(2)18-31(17-27)11-13-33-21-35-23-38(44(8,9)10)26-40-34(14-12-32-19-29(3)16-30(4)20-32)22-36-24-37(43(5,6)7)25-39(33)41(36)42(35)40/h11-26H,1-10H3/b13-11+,14-12+. The van der Waals surface area contributed by atoms with Crippen LogP contribution in [0.5, 0.6) is 0 Å². The minimum atomic E-state index is 0.0353. The quantitative estimate of drug-likeness (QED) is 0.145. The molecule has 0 saturated carbocycles. The predicted octanol–water partition coefficient (Wildman–Crippen LogP) is 12.8. The SMILES string of the molecule is Cc1cc(C)cc(/C=C/c2cc3cc(C(C)(C)C)cc4c(/C=C/c5cc(C)cc(C)c5)cc5cc(C(C)(C)C)cc2c5c34)c1. The molecule has 0 nitrogen and oxygen atoms in total. The molecule has 6 rings (SSSR count). The van der Waals surface area contributed by atoms with Crippen LogP contribution in [0.4, 0.5) is 0 Å². The molecule has 0 saturated heterocycles. The fourth-order valence-corrected chi connectivity index (χ4v) is 6.79. The van der Waals surface area contributed by atoms with Crippen molar-refractivity contribution >= 4 is 56.6 Å². The van der Waals surface area contributed by atoms with Gasteiger partial charge in [0.2, 0.25) is 0 Å². The molecule has 0 aliphatic rings. The van der Waals surface area contributed by atoms with Crippen LogP contribution in [0.1, 0.15) is 97.2 Å². The summed E-state index contributed by atoms with van der Waals surface area (Å²) in [6.45, 7) is 22.6. The third kappa shape index (κ3) is 5.83. The molecule has 6 aromatic carbocycles. The second-order valence-corrected chi connectivity index (χ2v) is 15.2. The van der Waals surface area contributed by atoms with Crippen molar-refractivity contribution in [3.05, 3.63) is 128 Å². The fourth-order valence-electron chi connectivity index (χ4n) is 6.79. The van der Waals surface area contributed by atoms with E-state index in [2.05, 4.69) is 166 Å². The van der Waals surface area contributed by atoms with E-state index in [4.69, 9.17) is 0 Å². The second-order valence-electron chi connectivity index (χ2n) is 15.2. The molecule has 0 radical (unpaired) electrons. The van der Waals surface area contributed by atoms with Gasteiger partial charge in [0.15, 0.2) is 0 Å². The summed E-state index contributed by atoms with van der Waals surface area (Å²) in [4.78, 5) is 0. The van der Waals surface area contributed by atoms with Crippen LogP contribution in [0.3, 0.4) is 0 Å². The number of aryl methyl sites for hydroxylation is 4. The molecule has 6 aromatic rings. The average molecular weight is 575 g/mol. The Morgan fingerprint density at radius 2 is 0.727 bits per heavy atom. The molecular formula is C44H46. The lowest BCUT2D eigenvalue weighted by atomic mass is 9.79. The van der Waals surface area contributed by atoms with Crippen molar-refractivity contribution in [3.8, 4) is 0 Å². The molecular weight excluding hydrogens is 528 g/mol. The maximum atomic E-state index is 2.45. The van der Waals surface area contributed by atoms with Crippen LogP contribution < -0.4 is 0 Å². The summed E-state index contributed by atoms with van der Waals surface area (Å²) in [5.74, 6) is 0. The van der Waals surface area contributed by atoms with Gasteiger partial charge in [-0.25, -0.2) is 0 Å². The molecule has 0 heterocycles. The zero-order valence-electron chi connectivity index (χ0n) is 28.2. The monoisotopic (exact) mass is 574 g/mol. The van der Waals surface area contributed by atoms with Crippen LogP contribution in [0.15, 0.2) is 72.8 Å². The van der Waals surface area contributed by atoms with E-state index in [0.717, 1.165) is 0 Å². The van der Waals surface area contributed by atoms with Crippen molar-refractivity contribution in [2.45, 2.75) is 80.1 Å². The zero-order valence-corrected chi connectivity index (χ0v) is 28.2. The summed E-state index contributed by atoms with van der Waals surface area (Å²) in [5, 5.41) is 8.03. The van der Waals surface area contributed by atoms with E-state index >= 15 is 0 Å². The summed E-state index contributed by atoms with van der Waals surface area (Å²) in [7, 11) is 0. The Morgan fingerprint density at radius 1 is 0.386 bits per heavy atom. The molecule has 0 heteroatoms. The van der Waals surface area contributed by atoms with Gasteiger partial charge in [0.05, 0.1) is 0 Å². The first kappa shape index (κ1) is 29.9. The van der Waals surface area contributed by atoms with Crippen molar-refractivity contribution in [1.29, 1.82) is 0 Å². The van der Waals surface area contributed by atoms with E-state index in [-0.39, 0.29) is 10.8 Å². The van der Waals surface area contributed by atoms with Gasteiger partial charge in [-0.15, -0.1) is 0 Å². The molecule has 0 atom stereocenters. The van der Waals surface area contributed by atoms with Gasteiger partial charge in [0.25, 0.3) is 0 Å². The molecule has 44 heavy (non-hydrogen) atoms. The van der Waals surface area contributed by atoms with Gasteiger partial charge >= 0.3 is 0 Å². The lowest BCUT2D eigenvalue weighted by Crippen LogP contribution is -2.12. The van der Waals surface area contributed by atoms with Gasteiger partial charge in [-0.3, -0.25) is 0 Å². The van der Waals surface area contributed by atoms with Gasteiger partial charge in [0, 0.05) is 0 Å². The minimum Gasteiger partial charge on any atom is -0.0563 e. The Bertz CT molecular complexity index is 1900. The Labute approximate surface area is 264 Å². The van der Waals surface area contributed by atoms with Crippen LogP contribution in [0.2, 0.25) is 0 Å². The normalized spacial score (nSPS) is 13.0. The molecule has 0 bridgehead atoms. The van der Waals surface area contributed by atoms with Crippen LogP contribution in [0.25, 0.3) is 56.6 Å². The van der Waals surface area contributed by atoms with Gasteiger partial charge in [-0.1, -0.05) is 137 Å². The highest BCUT2D eigenvalue weighted by Crippen LogP contribution is 2.43. The third-order valence-electron chi connectivity index (χ3n) is 8.96. The molecule has 0 aliphatic heterocycles. The average Bonchev–Trinajstić information content (AvgIpc) is 2.91. The van der Waals surface area contributed by atoms with E-state index in [0.29, 0.717) is 0 Å². The van der Waals surface area contributed by atoms with Gasteiger partial charge in [-0.05, 0) is 128 Å². The topological polar surface area (TPSA) is 0 Å². The lowest BCUT2D eigenvalue weighted by Gasteiger charge is -2.25. The van der Waals surface area contributed by atoms with Crippen molar-refractivity contribution in [2.75, 3.05) is 0 Å². The van der Waals surface area contributed by atoms with Gasteiger partial charge < -0.3 is 0 Å². The first-order chi connectivity index (χ1) is 20.7. The highest BCUT2D eigenvalue weighted by molar-refractivity contribution is 6.27. The highest BCUT2D eigenvalue weighted by Gasteiger charge is 2.22. The van der Waals surface area contributed by atoms with E-state index in [1.54, 1.807) is 0 Å². The Balaban J connectivity index is 1.68. The molecule has 0 aliphatic carbocycles. The van der Waals surface area contributed by atoms with Gasteiger partial charge in [0.1, 0.15) is 0 Å². The van der Waals surface area contributed by atoms with Crippen molar-refractivity contribution in [1.82, 2.24) is 0 Å². The Hall–Kier alpha value is -4.16. The summed E-state index contributed by atoms with van der Waals surface area (Å²) >= 11 is 0. The zero-order chi connectivity index (χ0) is 31.6. The fraction of sp³-hybridized carbons (Fsp3) is 0.273. The summed E-state index contributed by atoms with van der Waals surface area (Å²) < 4.78 is 0. The second kappa shape index (κ2) is 10.8. The Kier molecular flexibility index (Phi) is 7.32. The number of hydrogen-bond acceptors (Lipinski definition) is 0. The van der Waals surface area contributed by atoms with E-state index in [9.17, 15) is 0 Å². The smallest absolute Gasteiger partial charge is 0.00201 e. The van der Waals surface area contributed by atoms with E-state index in [1.165, 1.54) is 88.0 Å². The van der Waals surface area contributed by atoms with Crippen LogP contribution in [-0.4, -0.2) is 0 Å². The molecule has 222 valence electrons.